The van der Waals surface area contributed by atoms with Gasteiger partial charge in [0.25, 0.3) is 0 Å². The van der Waals surface area contributed by atoms with Gasteiger partial charge in [-0.05, 0) is 37.1 Å². The van der Waals surface area contributed by atoms with Crippen LogP contribution in [0.1, 0.15) is 25.7 Å². The van der Waals surface area contributed by atoms with Gasteiger partial charge in [0.05, 0.1) is 24.7 Å². The Morgan fingerprint density at radius 1 is 1.26 bits per heavy atom. The van der Waals surface area contributed by atoms with Crippen LogP contribution in [0, 0.1) is 5.82 Å². The summed E-state index contributed by atoms with van der Waals surface area (Å²) in [5, 5.41) is 5.03. The van der Waals surface area contributed by atoms with Gasteiger partial charge in [0, 0.05) is 29.8 Å². The number of aromatic nitrogens is 1. The van der Waals surface area contributed by atoms with Gasteiger partial charge >= 0.3 is 0 Å². The number of halogens is 1. The van der Waals surface area contributed by atoms with Crippen molar-refractivity contribution in [3.8, 4) is 11.3 Å². The maximum absolute atomic E-state index is 13.0. The van der Waals surface area contributed by atoms with E-state index in [1.807, 2.05) is 5.38 Å². The molecule has 1 aliphatic heterocycles. The Balaban J connectivity index is 1.23. The van der Waals surface area contributed by atoms with Crippen molar-refractivity contribution in [2.75, 3.05) is 19.0 Å². The predicted octanol–water partition coefficient (Wildman–Crippen LogP) is 3.84. The number of benzene rings is 1. The highest BCUT2D eigenvalue weighted by Crippen LogP contribution is 2.35. The third-order valence-electron chi connectivity index (χ3n) is 4.88. The highest BCUT2D eigenvalue weighted by atomic mass is 32.2. The minimum absolute atomic E-state index is 0.0211. The minimum Gasteiger partial charge on any atom is -0.353 e. The van der Waals surface area contributed by atoms with Crippen LogP contribution in [0.3, 0.4) is 0 Å². The van der Waals surface area contributed by atoms with Gasteiger partial charge in [-0.3, -0.25) is 4.79 Å². The molecule has 1 aliphatic carbocycles. The minimum atomic E-state index is -0.395. The van der Waals surface area contributed by atoms with Crippen molar-refractivity contribution in [3.05, 3.63) is 35.5 Å². The van der Waals surface area contributed by atoms with E-state index in [0.717, 1.165) is 41.3 Å². The number of thioether (sulfide) groups is 1. The van der Waals surface area contributed by atoms with Gasteiger partial charge in [-0.1, -0.05) is 11.8 Å². The van der Waals surface area contributed by atoms with Crippen molar-refractivity contribution in [1.82, 2.24) is 10.3 Å². The lowest BCUT2D eigenvalue weighted by molar-refractivity contribution is -0.179. The molecule has 0 radical (unpaired) electrons. The van der Waals surface area contributed by atoms with Crippen molar-refractivity contribution in [2.45, 2.75) is 41.9 Å². The maximum atomic E-state index is 13.0. The largest absolute Gasteiger partial charge is 0.353 e. The van der Waals surface area contributed by atoms with Crippen LogP contribution in [0.25, 0.3) is 11.3 Å². The second-order valence-corrected chi connectivity index (χ2v) is 8.82. The van der Waals surface area contributed by atoms with Crippen LogP contribution in [0.4, 0.5) is 4.39 Å². The summed E-state index contributed by atoms with van der Waals surface area (Å²) >= 11 is 2.92. The van der Waals surface area contributed by atoms with E-state index < -0.39 is 5.79 Å². The van der Waals surface area contributed by atoms with E-state index in [-0.39, 0.29) is 17.8 Å². The Morgan fingerprint density at radius 3 is 2.67 bits per heavy atom. The molecular formula is C19H21FN2O3S2. The maximum Gasteiger partial charge on any atom is 0.230 e. The number of nitrogens with one attached hydrogen (secondary N) is 1. The van der Waals surface area contributed by atoms with Crippen LogP contribution in [-0.4, -0.2) is 41.7 Å². The van der Waals surface area contributed by atoms with E-state index >= 15 is 0 Å². The zero-order valence-electron chi connectivity index (χ0n) is 14.8. The molecule has 1 saturated carbocycles. The molecular weight excluding hydrogens is 387 g/mol. The molecule has 5 nitrogen and oxygen atoms in total. The molecule has 2 fully saturated rings. The molecule has 0 bridgehead atoms. The molecule has 8 heteroatoms. The van der Waals surface area contributed by atoms with Crippen LogP contribution in [0.5, 0.6) is 0 Å². The first-order valence-electron chi connectivity index (χ1n) is 9.03. The van der Waals surface area contributed by atoms with Crippen LogP contribution < -0.4 is 5.32 Å². The van der Waals surface area contributed by atoms with E-state index in [0.29, 0.717) is 19.0 Å². The summed E-state index contributed by atoms with van der Waals surface area (Å²) in [4.78, 5) is 16.8. The lowest BCUT2D eigenvalue weighted by Gasteiger charge is -2.35. The smallest absolute Gasteiger partial charge is 0.230 e. The van der Waals surface area contributed by atoms with E-state index in [4.69, 9.17) is 9.47 Å². The van der Waals surface area contributed by atoms with Crippen LogP contribution in [0.15, 0.2) is 34.0 Å². The first-order chi connectivity index (χ1) is 13.1. The van der Waals surface area contributed by atoms with E-state index in [2.05, 4.69) is 10.3 Å². The van der Waals surface area contributed by atoms with Crippen LogP contribution in [0.2, 0.25) is 0 Å². The number of hydrogen-bond donors (Lipinski definition) is 1. The third kappa shape index (κ3) is 4.68. The second kappa shape index (κ2) is 8.26. The SMILES string of the molecule is O=C(CSc1nc(-c2ccc(F)cc2)cs1)NC1CCC2(CC1)OCCO2. The van der Waals surface area contributed by atoms with Crippen molar-refractivity contribution in [1.29, 1.82) is 0 Å². The average molecular weight is 409 g/mol. The van der Waals surface area contributed by atoms with Crippen LogP contribution in [-0.2, 0) is 14.3 Å². The summed E-state index contributed by atoms with van der Waals surface area (Å²) in [6, 6.07) is 6.44. The zero-order chi connectivity index (χ0) is 18.7. The summed E-state index contributed by atoms with van der Waals surface area (Å²) in [6.45, 7) is 1.34. The number of amides is 1. The van der Waals surface area contributed by atoms with E-state index in [1.165, 1.54) is 35.2 Å². The Labute approximate surface area is 165 Å². The molecule has 4 rings (SSSR count). The first-order valence-corrected chi connectivity index (χ1v) is 10.9. The molecule has 2 heterocycles. The predicted molar refractivity (Wildman–Crippen MR) is 103 cm³/mol. The topological polar surface area (TPSA) is 60.5 Å². The van der Waals surface area contributed by atoms with Gasteiger partial charge in [0.1, 0.15) is 5.82 Å². The molecule has 144 valence electrons. The third-order valence-corrected chi connectivity index (χ3v) is 6.90. The van der Waals surface area contributed by atoms with E-state index in [9.17, 15) is 9.18 Å². The standard InChI is InChI=1S/C19H21FN2O3S2/c20-14-3-1-13(2-4-14)16-11-26-18(22-16)27-12-17(23)21-15-5-7-19(8-6-15)24-9-10-25-19/h1-4,11,15H,5-10,12H2,(H,21,23). The molecule has 1 amide bonds. The average Bonchev–Trinajstić information content (AvgIpc) is 3.33. The van der Waals surface area contributed by atoms with Crippen LogP contribution >= 0.6 is 23.1 Å². The lowest BCUT2D eigenvalue weighted by Crippen LogP contribution is -2.44. The first kappa shape index (κ1) is 18.9. The van der Waals surface area contributed by atoms with Gasteiger partial charge in [-0.2, -0.15) is 0 Å². The number of carbonyl (C=O) groups is 1. The van der Waals surface area contributed by atoms with Gasteiger partial charge < -0.3 is 14.8 Å². The molecule has 2 aliphatic rings. The van der Waals surface area contributed by atoms with Gasteiger partial charge in [-0.15, -0.1) is 11.3 Å². The number of hydrogen-bond acceptors (Lipinski definition) is 6. The molecule has 0 unspecified atom stereocenters. The molecule has 27 heavy (non-hydrogen) atoms. The molecule has 1 N–H and O–H groups in total. The fraction of sp³-hybridized carbons (Fsp3) is 0.474. The Hall–Kier alpha value is -1.48. The van der Waals surface area contributed by atoms with Gasteiger partial charge in [0.2, 0.25) is 5.91 Å². The molecule has 0 atom stereocenters. The molecule has 2 aromatic rings. The van der Waals surface area contributed by atoms with E-state index in [1.54, 1.807) is 12.1 Å². The summed E-state index contributed by atoms with van der Waals surface area (Å²) in [5.41, 5.74) is 1.67. The van der Waals surface area contributed by atoms with Crippen molar-refractivity contribution in [2.24, 2.45) is 0 Å². The molecule has 1 aromatic heterocycles. The Morgan fingerprint density at radius 2 is 1.96 bits per heavy atom. The lowest BCUT2D eigenvalue weighted by atomic mass is 9.90. The van der Waals surface area contributed by atoms with Gasteiger partial charge in [-0.25, -0.2) is 9.37 Å². The fourth-order valence-electron chi connectivity index (χ4n) is 3.46. The summed E-state index contributed by atoms with van der Waals surface area (Å²) in [5.74, 6) is -0.300. The molecule has 1 saturated heterocycles. The Bertz CT molecular complexity index is 781. The zero-order valence-corrected chi connectivity index (χ0v) is 16.4. The fourth-order valence-corrected chi connectivity index (χ4v) is 5.11. The Kier molecular flexibility index (Phi) is 5.77. The molecule has 1 aromatic carbocycles. The normalized spacial score (nSPS) is 19.4. The quantitative estimate of drug-likeness (QED) is 0.762. The van der Waals surface area contributed by atoms with Crippen molar-refractivity contribution in [3.63, 3.8) is 0 Å². The molecule has 1 spiro atoms. The number of thiazole rings is 1. The summed E-state index contributed by atoms with van der Waals surface area (Å²) in [6.07, 6.45) is 3.42. The monoisotopic (exact) mass is 408 g/mol. The van der Waals surface area contributed by atoms with Gasteiger partial charge in [0.15, 0.2) is 10.1 Å². The number of carbonyl (C=O) groups excluding carboxylic acids is 1. The number of rotatable bonds is 5. The summed E-state index contributed by atoms with van der Waals surface area (Å²) < 4.78 is 25.3. The summed E-state index contributed by atoms with van der Waals surface area (Å²) in [7, 11) is 0. The second-order valence-electron chi connectivity index (χ2n) is 6.74. The highest BCUT2D eigenvalue weighted by molar-refractivity contribution is 8.01. The number of ether oxygens (including phenoxy) is 2. The van der Waals surface area contributed by atoms with Crippen molar-refractivity contribution >= 4 is 29.0 Å². The highest BCUT2D eigenvalue weighted by Gasteiger charge is 2.40. The van der Waals surface area contributed by atoms with Crippen molar-refractivity contribution < 1.29 is 18.7 Å². The number of nitrogens with zero attached hydrogens (tertiary/aromatic N) is 1.